The van der Waals surface area contributed by atoms with Crippen molar-refractivity contribution in [1.29, 1.82) is 0 Å². The first-order valence-corrected chi connectivity index (χ1v) is 7.95. The molecule has 1 saturated carbocycles. The zero-order valence-corrected chi connectivity index (χ0v) is 12.6. The third kappa shape index (κ3) is 2.67. The summed E-state index contributed by atoms with van der Waals surface area (Å²) in [5.41, 5.74) is 2.57. The van der Waals surface area contributed by atoms with Gasteiger partial charge in [0, 0.05) is 11.5 Å². The van der Waals surface area contributed by atoms with Crippen LogP contribution in [-0.2, 0) is 6.42 Å². The van der Waals surface area contributed by atoms with E-state index in [0.29, 0.717) is 23.0 Å². The Bertz CT molecular complexity index is 500. The van der Waals surface area contributed by atoms with Gasteiger partial charge in [-0.25, -0.2) is 0 Å². The summed E-state index contributed by atoms with van der Waals surface area (Å²) in [6.07, 6.45) is 4.52. The third-order valence-electron chi connectivity index (χ3n) is 4.96. The lowest BCUT2D eigenvalue weighted by Crippen LogP contribution is -2.30. The van der Waals surface area contributed by atoms with Gasteiger partial charge in [-0.3, -0.25) is 4.79 Å². The highest BCUT2D eigenvalue weighted by Crippen LogP contribution is 2.59. The maximum Gasteiger partial charge on any atom is 0.166 e. The lowest BCUT2D eigenvalue weighted by molar-refractivity contribution is 0.0940. The molecule has 2 heteroatoms. The van der Waals surface area contributed by atoms with Crippen LogP contribution in [0.25, 0.3) is 0 Å². The zero-order valence-electron chi connectivity index (χ0n) is 12.6. The van der Waals surface area contributed by atoms with Crippen LogP contribution in [0, 0.1) is 17.3 Å². The molecule has 1 saturated heterocycles. The number of rotatable bonds is 4. The van der Waals surface area contributed by atoms with Gasteiger partial charge in [0.1, 0.15) is 0 Å². The minimum absolute atomic E-state index is 0.291. The number of nitrogens with one attached hydrogen (secondary N) is 1. The Morgan fingerprint density at radius 2 is 2.10 bits per heavy atom. The molecular weight excluding hydrogens is 246 g/mol. The van der Waals surface area contributed by atoms with E-state index in [1.807, 2.05) is 12.1 Å². The highest BCUT2D eigenvalue weighted by molar-refractivity contribution is 6.00. The quantitative estimate of drug-likeness (QED) is 0.850. The fourth-order valence-electron chi connectivity index (χ4n) is 3.72. The van der Waals surface area contributed by atoms with Crippen LogP contribution in [0.15, 0.2) is 24.3 Å². The van der Waals surface area contributed by atoms with Crippen LogP contribution in [0.3, 0.4) is 0 Å². The molecule has 1 aromatic carbocycles. The normalized spacial score (nSPS) is 24.1. The lowest BCUT2D eigenvalue weighted by atomic mass is 9.89. The van der Waals surface area contributed by atoms with E-state index >= 15 is 0 Å². The van der Waals surface area contributed by atoms with Crippen molar-refractivity contribution in [2.75, 3.05) is 13.1 Å². The van der Waals surface area contributed by atoms with E-state index in [1.165, 1.54) is 18.4 Å². The van der Waals surface area contributed by atoms with Crippen molar-refractivity contribution in [2.45, 2.75) is 39.5 Å². The van der Waals surface area contributed by atoms with Crippen molar-refractivity contribution >= 4 is 5.78 Å². The molecule has 1 aliphatic heterocycles. The monoisotopic (exact) mass is 271 g/mol. The Labute approximate surface area is 122 Å². The van der Waals surface area contributed by atoms with E-state index in [2.05, 4.69) is 31.3 Å². The molecule has 0 radical (unpaired) electrons. The maximum atomic E-state index is 12.7. The standard InChI is InChI=1S/C18H25NO/c1-13(2)10-14-4-3-5-15(11-14)17(20)16-12-18(16)6-8-19-9-7-18/h3-5,11,13,16,19H,6-10,12H2,1-2H3. The van der Waals surface area contributed by atoms with Crippen LogP contribution in [0.4, 0.5) is 0 Å². The van der Waals surface area contributed by atoms with Gasteiger partial charge in [-0.2, -0.15) is 0 Å². The number of piperidine rings is 1. The number of Topliss-reactive ketones (excluding diaryl/α,β-unsaturated/α-hetero) is 1. The first-order valence-electron chi connectivity index (χ1n) is 7.95. The molecule has 2 aliphatic rings. The average molecular weight is 271 g/mol. The molecule has 1 spiro atoms. The second kappa shape index (κ2) is 5.33. The van der Waals surface area contributed by atoms with Crippen LogP contribution in [0.2, 0.25) is 0 Å². The minimum Gasteiger partial charge on any atom is -0.317 e. The highest BCUT2D eigenvalue weighted by Gasteiger charge is 2.57. The van der Waals surface area contributed by atoms with Crippen molar-refractivity contribution in [2.24, 2.45) is 17.3 Å². The number of hydrogen-bond donors (Lipinski definition) is 1. The van der Waals surface area contributed by atoms with Crippen molar-refractivity contribution < 1.29 is 4.79 Å². The van der Waals surface area contributed by atoms with Crippen molar-refractivity contribution in [3.63, 3.8) is 0 Å². The average Bonchev–Trinajstić information content (AvgIpc) is 3.11. The number of ketones is 1. The fraction of sp³-hybridized carbons (Fsp3) is 0.611. The van der Waals surface area contributed by atoms with Crippen molar-refractivity contribution in [3.05, 3.63) is 35.4 Å². The number of benzene rings is 1. The maximum absolute atomic E-state index is 12.7. The first-order chi connectivity index (χ1) is 9.61. The molecule has 20 heavy (non-hydrogen) atoms. The van der Waals surface area contributed by atoms with Gasteiger partial charge in [-0.1, -0.05) is 32.0 Å². The summed E-state index contributed by atoms with van der Waals surface area (Å²) in [6.45, 7) is 6.60. The van der Waals surface area contributed by atoms with E-state index in [-0.39, 0.29) is 0 Å². The van der Waals surface area contributed by atoms with Crippen molar-refractivity contribution in [3.8, 4) is 0 Å². The zero-order chi connectivity index (χ0) is 14.2. The van der Waals surface area contributed by atoms with Gasteiger partial charge >= 0.3 is 0 Å². The lowest BCUT2D eigenvalue weighted by Gasteiger charge is -2.23. The molecule has 108 valence electrons. The Balaban J connectivity index is 1.72. The summed E-state index contributed by atoms with van der Waals surface area (Å²) in [7, 11) is 0. The van der Waals surface area contributed by atoms with Gasteiger partial charge in [-0.05, 0) is 61.7 Å². The smallest absolute Gasteiger partial charge is 0.166 e. The summed E-state index contributed by atoms with van der Waals surface area (Å²) in [5.74, 6) is 1.31. The van der Waals surface area contributed by atoms with Gasteiger partial charge in [0.15, 0.2) is 5.78 Å². The Kier molecular flexibility index (Phi) is 3.68. The molecule has 0 amide bonds. The molecule has 1 aromatic rings. The van der Waals surface area contributed by atoms with Gasteiger partial charge in [0.05, 0.1) is 0 Å². The van der Waals surface area contributed by atoms with Gasteiger partial charge < -0.3 is 5.32 Å². The SMILES string of the molecule is CC(C)Cc1cccc(C(=O)C2CC23CCNCC3)c1. The predicted molar refractivity (Wildman–Crippen MR) is 82.0 cm³/mol. The largest absolute Gasteiger partial charge is 0.317 e. The molecule has 0 aromatic heterocycles. The number of hydrogen-bond acceptors (Lipinski definition) is 2. The summed E-state index contributed by atoms with van der Waals surface area (Å²) >= 11 is 0. The highest BCUT2D eigenvalue weighted by atomic mass is 16.1. The Hall–Kier alpha value is -1.15. The topological polar surface area (TPSA) is 29.1 Å². The predicted octanol–water partition coefficient (Wildman–Crippen LogP) is 3.46. The summed E-state index contributed by atoms with van der Waals surface area (Å²) in [5, 5.41) is 3.40. The molecular formula is C18H25NO. The molecule has 2 fully saturated rings. The van der Waals surface area contributed by atoms with E-state index in [0.717, 1.165) is 31.5 Å². The van der Waals surface area contributed by atoms with Crippen LogP contribution in [0.1, 0.15) is 49.0 Å². The van der Waals surface area contributed by atoms with E-state index < -0.39 is 0 Å². The molecule has 0 bridgehead atoms. The van der Waals surface area contributed by atoms with Crippen LogP contribution in [-0.4, -0.2) is 18.9 Å². The first kappa shape index (κ1) is 13.8. The fourth-order valence-corrected chi connectivity index (χ4v) is 3.72. The van der Waals surface area contributed by atoms with E-state index in [1.54, 1.807) is 0 Å². The second-order valence-corrected chi connectivity index (χ2v) is 7.03. The molecule has 3 rings (SSSR count). The molecule has 1 heterocycles. The summed E-state index contributed by atoms with van der Waals surface area (Å²) < 4.78 is 0. The minimum atomic E-state index is 0.291. The van der Waals surface area contributed by atoms with Gasteiger partial charge in [-0.15, -0.1) is 0 Å². The molecule has 2 nitrogen and oxygen atoms in total. The van der Waals surface area contributed by atoms with E-state index in [9.17, 15) is 4.79 Å². The van der Waals surface area contributed by atoms with Gasteiger partial charge in [0.25, 0.3) is 0 Å². The molecule has 1 aliphatic carbocycles. The van der Waals surface area contributed by atoms with Crippen LogP contribution >= 0.6 is 0 Å². The number of carbonyl (C=O) groups is 1. The summed E-state index contributed by atoms with van der Waals surface area (Å²) in [4.78, 5) is 12.7. The molecule has 1 atom stereocenters. The van der Waals surface area contributed by atoms with Gasteiger partial charge in [0.2, 0.25) is 0 Å². The molecule has 1 N–H and O–H groups in total. The summed E-state index contributed by atoms with van der Waals surface area (Å²) in [6, 6.07) is 8.31. The Morgan fingerprint density at radius 1 is 1.35 bits per heavy atom. The molecule has 1 unspecified atom stereocenters. The van der Waals surface area contributed by atoms with Crippen molar-refractivity contribution in [1.82, 2.24) is 5.32 Å². The number of carbonyl (C=O) groups excluding carboxylic acids is 1. The Morgan fingerprint density at radius 3 is 2.80 bits per heavy atom. The van der Waals surface area contributed by atoms with Crippen LogP contribution in [0.5, 0.6) is 0 Å². The third-order valence-corrected chi connectivity index (χ3v) is 4.96. The second-order valence-electron chi connectivity index (χ2n) is 7.03. The van der Waals surface area contributed by atoms with Crippen LogP contribution < -0.4 is 5.32 Å². The van der Waals surface area contributed by atoms with E-state index in [4.69, 9.17) is 0 Å².